The zero-order chi connectivity index (χ0) is 30.9. The number of hydrogen-bond donors (Lipinski definition) is 1. The van der Waals surface area contributed by atoms with E-state index in [-0.39, 0.29) is 39.0 Å². The molecule has 0 saturated heterocycles. The molecule has 1 aliphatic carbocycles. The Bertz CT molecular complexity index is 1710. The van der Waals surface area contributed by atoms with Crippen LogP contribution in [-0.4, -0.2) is 44.6 Å². The summed E-state index contributed by atoms with van der Waals surface area (Å²) in [6.45, 7) is 12.3. The van der Waals surface area contributed by atoms with E-state index in [1.807, 2.05) is 43.2 Å². The van der Waals surface area contributed by atoms with Gasteiger partial charge in [0.05, 0.1) is 37.7 Å². The van der Waals surface area contributed by atoms with E-state index in [4.69, 9.17) is 0 Å². The predicted molar refractivity (Wildman–Crippen MR) is 161 cm³/mol. The Labute approximate surface area is 244 Å². The molecule has 0 atom stereocenters. The number of nitrogens with zero attached hydrogens (tertiary/aromatic N) is 4. The highest BCUT2D eigenvalue weighted by Gasteiger charge is 2.51. The van der Waals surface area contributed by atoms with Gasteiger partial charge in [0.15, 0.2) is 5.71 Å². The maximum Gasteiger partial charge on any atom is 0.280 e. The van der Waals surface area contributed by atoms with Crippen molar-refractivity contribution in [1.29, 1.82) is 0 Å². The van der Waals surface area contributed by atoms with Crippen molar-refractivity contribution in [2.45, 2.75) is 58.8 Å². The summed E-state index contributed by atoms with van der Waals surface area (Å²) in [4.78, 5) is 38.3. The lowest BCUT2D eigenvalue weighted by atomic mass is 9.77. The zero-order valence-corrected chi connectivity index (χ0v) is 24.9. The number of ketones is 1. The molecule has 2 heterocycles. The van der Waals surface area contributed by atoms with Gasteiger partial charge in [0, 0.05) is 48.9 Å². The molecule has 0 amide bonds. The van der Waals surface area contributed by atoms with Crippen LogP contribution in [0.5, 0.6) is 0 Å². The SMILES string of the molecule is CC(C)CC[N+]1=C(/C=C2/C(=O)C(/C=C3\N(C)c4cccc([N+](=O)[O-])c4C3(C)C)=C2O)C(C)(C)c2c([N+](=O)[O-])cccc21. The molecule has 0 saturated carbocycles. The number of hydrogen-bond acceptors (Lipinski definition) is 7. The maximum absolute atomic E-state index is 13.5. The van der Waals surface area contributed by atoms with Gasteiger partial charge in [-0.1, -0.05) is 19.9 Å². The van der Waals surface area contributed by atoms with Crippen LogP contribution in [0.1, 0.15) is 59.1 Å². The van der Waals surface area contributed by atoms with E-state index in [2.05, 4.69) is 13.8 Å². The number of Topliss-reactive ketones (excluding diaryl/α,β-unsaturated/α-hetero) is 1. The summed E-state index contributed by atoms with van der Waals surface area (Å²) in [5.41, 5.74) is 2.57. The van der Waals surface area contributed by atoms with Crippen LogP contribution in [0.15, 0.2) is 71.2 Å². The number of anilines is 1. The maximum atomic E-state index is 13.5. The van der Waals surface area contributed by atoms with Crippen molar-refractivity contribution >= 4 is 34.2 Å². The number of fused-ring (bicyclic) bond motifs is 2. The van der Waals surface area contributed by atoms with Crippen LogP contribution in [0.3, 0.4) is 0 Å². The van der Waals surface area contributed by atoms with E-state index in [1.54, 1.807) is 37.4 Å². The molecule has 0 aromatic heterocycles. The standard InChI is InChI=1S/C32H34N4O6/c1-18(2)14-15-34-22-11-9-13-24(36(41)42)28(22)32(5,6)26(34)17-20-29(37)19(30(20)38)16-25-31(3,4)27-21(33(25)7)10-8-12-23(27)35(39)40/h8-13,16-18H,14-15H2,1-7H3/p+1. The number of benzene rings is 2. The van der Waals surface area contributed by atoms with Gasteiger partial charge in [-0.3, -0.25) is 25.0 Å². The molecular weight excluding hydrogens is 536 g/mol. The monoisotopic (exact) mass is 571 g/mol. The fraction of sp³-hybridized carbons (Fsp3) is 0.375. The van der Waals surface area contributed by atoms with E-state index < -0.39 is 15.8 Å². The third-order valence-electron chi connectivity index (χ3n) is 8.76. The lowest BCUT2D eigenvalue weighted by molar-refractivity contribution is -0.440. The summed E-state index contributed by atoms with van der Waals surface area (Å²) < 4.78 is 2.02. The second-order valence-corrected chi connectivity index (χ2v) is 12.6. The molecule has 0 bridgehead atoms. The Morgan fingerprint density at radius 3 is 2.12 bits per heavy atom. The van der Waals surface area contributed by atoms with E-state index in [0.717, 1.165) is 12.1 Å². The summed E-state index contributed by atoms with van der Waals surface area (Å²) in [5.74, 6) is -0.139. The second-order valence-electron chi connectivity index (χ2n) is 12.6. The average molecular weight is 572 g/mol. The van der Waals surface area contributed by atoms with Crippen LogP contribution < -0.4 is 4.90 Å². The first-order valence-corrected chi connectivity index (χ1v) is 14.0. The van der Waals surface area contributed by atoms with Crippen LogP contribution in [-0.2, 0) is 15.6 Å². The van der Waals surface area contributed by atoms with Crippen molar-refractivity contribution in [1.82, 2.24) is 0 Å². The number of carbonyl (C=O) groups excluding carboxylic acids is 1. The topological polar surface area (TPSA) is 130 Å². The second kappa shape index (κ2) is 9.75. The Morgan fingerprint density at radius 1 is 0.952 bits per heavy atom. The number of rotatable bonds is 7. The Balaban J connectivity index is 1.61. The van der Waals surface area contributed by atoms with Gasteiger partial charge >= 0.3 is 0 Å². The van der Waals surface area contributed by atoms with E-state index >= 15 is 0 Å². The average Bonchev–Trinajstić information content (AvgIpc) is 3.26. The molecule has 10 heteroatoms. The van der Waals surface area contributed by atoms with Crippen LogP contribution in [0.2, 0.25) is 0 Å². The van der Waals surface area contributed by atoms with Crippen molar-refractivity contribution in [2.24, 2.45) is 5.92 Å². The number of nitro groups is 2. The smallest absolute Gasteiger partial charge is 0.280 e. The summed E-state index contributed by atoms with van der Waals surface area (Å²) in [7, 11) is 1.79. The van der Waals surface area contributed by atoms with Crippen LogP contribution in [0.4, 0.5) is 22.7 Å². The van der Waals surface area contributed by atoms with Gasteiger partial charge in [-0.05, 0) is 51.8 Å². The first-order valence-electron chi connectivity index (χ1n) is 14.0. The minimum absolute atomic E-state index is 0.00138. The van der Waals surface area contributed by atoms with E-state index in [1.165, 1.54) is 12.1 Å². The molecule has 0 unspecified atom stereocenters. The van der Waals surface area contributed by atoms with Crippen molar-refractivity contribution in [2.75, 3.05) is 18.5 Å². The highest BCUT2D eigenvalue weighted by atomic mass is 16.6. The molecule has 2 aromatic rings. The Hall–Kier alpha value is -4.60. The van der Waals surface area contributed by atoms with E-state index in [0.29, 0.717) is 40.7 Å². The number of aliphatic hydroxyl groups is 1. The summed E-state index contributed by atoms with van der Waals surface area (Å²) in [6, 6.07) is 9.93. The predicted octanol–water partition coefficient (Wildman–Crippen LogP) is 6.56. The van der Waals surface area contributed by atoms with Gasteiger partial charge in [-0.15, -0.1) is 0 Å². The quantitative estimate of drug-likeness (QED) is 0.172. The normalized spacial score (nSPS) is 20.5. The largest absolute Gasteiger partial charge is 0.506 e. The highest BCUT2D eigenvalue weighted by Crippen LogP contribution is 2.52. The molecule has 218 valence electrons. The highest BCUT2D eigenvalue weighted by molar-refractivity contribution is 6.24. The van der Waals surface area contributed by atoms with Crippen LogP contribution in [0, 0.1) is 26.1 Å². The molecule has 3 aliphatic rings. The lowest BCUT2D eigenvalue weighted by Gasteiger charge is -2.27. The molecule has 2 aliphatic heterocycles. The molecule has 5 rings (SSSR count). The number of likely N-dealkylation sites (N-methyl/N-ethyl adjacent to an activating group) is 1. The van der Waals surface area contributed by atoms with Gasteiger partial charge in [-0.2, -0.15) is 4.58 Å². The number of carbonyl (C=O) groups is 1. The molecule has 0 radical (unpaired) electrons. The lowest BCUT2D eigenvalue weighted by Crippen LogP contribution is -2.32. The first kappa shape index (κ1) is 28.9. The number of allylic oxidation sites excluding steroid dienone is 5. The summed E-state index contributed by atoms with van der Waals surface area (Å²) in [5, 5.41) is 34.9. The molecule has 1 N–H and O–H groups in total. The third kappa shape index (κ3) is 4.16. The fourth-order valence-corrected chi connectivity index (χ4v) is 6.57. The van der Waals surface area contributed by atoms with Crippen LogP contribution in [0.25, 0.3) is 0 Å². The minimum atomic E-state index is -0.800. The zero-order valence-electron chi connectivity index (χ0n) is 24.9. The van der Waals surface area contributed by atoms with Gasteiger partial charge in [0.1, 0.15) is 17.9 Å². The molecule has 0 spiro atoms. The molecule has 42 heavy (non-hydrogen) atoms. The molecule has 0 fully saturated rings. The van der Waals surface area contributed by atoms with Crippen molar-refractivity contribution in [3.8, 4) is 0 Å². The third-order valence-corrected chi connectivity index (χ3v) is 8.76. The fourth-order valence-electron chi connectivity index (χ4n) is 6.57. The molecular formula is C32H35N4O6+. The van der Waals surface area contributed by atoms with Crippen molar-refractivity contribution in [3.63, 3.8) is 0 Å². The summed E-state index contributed by atoms with van der Waals surface area (Å²) >= 11 is 0. The molecule has 2 aromatic carbocycles. The van der Waals surface area contributed by atoms with Gasteiger partial charge in [-0.25, -0.2) is 0 Å². The van der Waals surface area contributed by atoms with Gasteiger partial charge < -0.3 is 10.0 Å². The first-order chi connectivity index (χ1) is 19.6. The Kier molecular flexibility index (Phi) is 6.71. The number of nitro benzene ring substituents is 2. The van der Waals surface area contributed by atoms with Crippen LogP contribution >= 0.6 is 0 Å². The van der Waals surface area contributed by atoms with Crippen molar-refractivity contribution in [3.05, 3.63) is 103 Å². The molecule has 10 nitrogen and oxygen atoms in total. The van der Waals surface area contributed by atoms with E-state index in [9.17, 15) is 30.1 Å². The van der Waals surface area contributed by atoms with Gasteiger partial charge in [0.25, 0.3) is 11.4 Å². The van der Waals surface area contributed by atoms with Gasteiger partial charge in [0.2, 0.25) is 11.5 Å². The van der Waals surface area contributed by atoms with Crippen molar-refractivity contribution < 1.29 is 24.3 Å². The number of aliphatic hydroxyl groups excluding tert-OH is 1. The Morgan fingerprint density at radius 2 is 1.55 bits per heavy atom. The summed E-state index contributed by atoms with van der Waals surface area (Å²) in [6.07, 6.45) is 4.10. The minimum Gasteiger partial charge on any atom is -0.506 e.